The Morgan fingerprint density at radius 3 is 1.71 bits per heavy atom. The van der Waals surface area contributed by atoms with E-state index < -0.39 is 31.5 Å². The lowest BCUT2D eigenvalue weighted by molar-refractivity contribution is 0.0649. The first-order valence-corrected chi connectivity index (χ1v) is 15.1. The normalized spacial score (nSPS) is 13.3. The van der Waals surface area contributed by atoms with Crippen LogP contribution in [0.2, 0.25) is 0 Å². The fourth-order valence-corrected chi connectivity index (χ4v) is 6.40. The monoisotopic (exact) mass is 584 g/mol. The summed E-state index contributed by atoms with van der Waals surface area (Å²) in [6, 6.07) is 32.0. The highest BCUT2D eigenvalue weighted by atomic mass is 31.2. The molecule has 0 aliphatic carbocycles. The van der Waals surface area contributed by atoms with Crippen LogP contribution in [0, 0.1) is 0 Å². The molecule has 1 unspecified atom stereocenters. The second-order valence-corrected chi connectivity index (χ2v) is 11.6. The van der Waals surface area contributed by atoms with Crippen molar-refractivity contribution in [2.24, 2.45) is 0 Å². The Balaban J connectivity index is 1.35. The van der Waals surface area contributed by atoms with Gasteiger partial charge in [0.15, 0.2) is 0 Å². The Bertz CT molecular complexity index is 1500. The maximum Gasteiger partial charge on any atom is 0.432 e. The Morgan fingerprint density at radius 2 is 1.19 bits per heavy atom. The minimum atomic E-state index is -3.96. The summed E-state index contributed by atoms with van der Waals surface area (Å²) in [6.45, 7) is -0.0108. The molecule has 1 aliphatic heterocycles. The van der Waals surface area contributed by atoms with E-state index in [1.165, 1.54) is 0 Å². The van der Waals surface area contributed by atoms with Crippen molar-refractivity contribution in [1.29, 1.82) is 0 Å². The van der Waals surface area contributed by atoms with Crippen LogP contribution in [0.4, 0.5) is 4.79 Å². The molecule has 9 nitrogen and oxygen atoms in total. The third-order valence-corrected chi connectivity index (χ3v) is 8.40. The number of benzene rings is 4. The van der Waals surface area contributed by atoms with E-state index >= 15 is 0 Å². The van der Waals surface area contributed by atoms with Crippen molar-refractivity contribution < 1.29 is 32.7 Å². The molecule has 5 rings (SSSR count). The molecule has 4 aromatic carbocycles. The number of imide groups is 1. The largest absolute Gasteiger partial charge is 0.445 e. The molecule has 10 heteroatoms. The van der Waals surface area contributed by atoms with Gasteiger partial charge in [0.05, 0.1) is 17.3 Å². The summed E-state index contributed by atoms with van der Waals surface area (Å²) < 4.78 is 31.5. The predicted octanol–water partition coefficient (Wildman–Crippen LogP) is 6.32. The summed E-state index contributed by atoms with van der Waals surface area (Å²) in [5, 5.41) is 2.75. The lowest BCUT2D eigenvalue weighted by Gasteiger charge is -2.26. The van der Waals surface area contributed by atoms with Gasteiger partial charge in [-0.15, -0.1) is 0 Å². The molecule has 3 amide bonds. The lowest BCUT2D eigenvalue weighted by atomic mass is 10.1. The zero-order chi connectivity index (χ0) is 29.4. The average Bonchev–Trinajstić information content (AvgIpc) is 3.25. The molecule has 42 heavy (non-hydrogen) atoms. The van der Waals surface area contributed by atoms with E-state index in [1.807, 2.05) is 30.3 Å². The molecule has 1 heterocycles. The minimum Gasteiger partial charge on any atom is -0.445 e. The summed E-state index contributed by atoms with van der Waals surface area (Å²) in [5.41, 5.74) is 1.43. The van der Waals surface area contributed by atoms with Gasteiger partial charge in [-0.3, -0.25) is 14.5 Å². The molecular weight excluding hydrogens is 555 g/mol. The number of rotatable bonds is 12. The predicted molar refractivity (Wildman–Crippen MR) is 157 cm³/mol. The van der Waals surface area contributed by atoms with E-state index in [0.29, 0.717) is 22.6 Å². The number of hydrogen-bond donors (Lipinski definition) is 1. The number of carbonyl (C=O) groups is 3. The standard InChI is InChI=1S/C32H29N2O7P/c35-30-28-18-10-11-19-29(28)31(36)34(30)21-20-25(33-32(37)39-22-24-12-4-1-5-13-24)23-42(38,40-26-14-6-2-7-15-26)41-27-16-8-3-9-17-27/h1-19,25H,20-23H2,(H,33,37). The number of ether oxygens (including phenoxy) is 1. The van der Waals surface area contributed by atoms with Crippen molar-refractivity contribution >= 4 is 25.5 Å². The van der Waals surface area contributed by atoms with Crippen LogP contribution in [0.3, 0.4) is 0 Å². The molecule has 0 fully saturated rings. The Morgan fingerprint density at radius 1 is 0.714 bits per heavy atom. The SMILES string of the molecule is O=C(NC(CCN1C(=O)c2ccccc2C1=O)CP(=O)(Oc1ccccc1)Oc1ccccc1)OCc1ccccc1. The molecule has 214 valence electrons. The van der Waals surface area contributed by atoms with Crippen molar-refractivity contribution in [3.05, 3.63) is 132 Å². The molecule has 0 spiro atoms. The van der Waals surface area contributed by atoms with Gasteiger partial charge in [-0.25, -0.2) is 9.36 Å². The highest BCUT2D eigenvalue weighted by Gasteiger charge is 2.38. The zero-order valence-corrected chi connectivity index (χ0v) is 23.5. The van der Waals surface area contributed by atoms with E-state index in [2.05, 4.69) is 5.32 Å². The van der Waals surface area contributed by atoms with Gasteiger partial charge in [-0.05, 0) is 48.4 Å². The molecule has 1 atom stereocenters. The number of para-hydroxylation sites is 2. The number of carbonyl (C=O) groups excluding carboxylic acids is 3. The second-order valence-electron chi connectivity index (χ2n) is 9.60. The number of alkyl carbamates (subject to hydrolysis) is 1. The quantitative estimate of drug-likeness (QED) is 0.153. The van der Waals surface area contributed by atoms with E-state index in [9.17, 15) is 18.9 Å². The van der Waals surface area contributed by atoms with Crippen LogP contribution in [0.1, 0.15) is 32.7 Å². The van der Waals surface area contributed by atoms with Gasteiger partial charge in [0.25, 0.3) is 11.8 Å². The molecule has 0 radical (unpaired) electrons. The first kappa shape index (κ1) is 28.6. The summed E-state index contributed by atoms with van der Waals surface area (Å²) in [6.07, 6.45) is -0.941. The molecular formula is C32H29N2O7P. The topological polar surface area (TPSA) is 111 Å². The summed E-state index contributed by atoms with van der Waals surface area (Å²) in [5.74, 6) is -0.208. The highest BCUT2D eigenvalue weighted by molar-refractivity contribution is 7.54. The zero-order valence-electron chi connectivity index (χ0n) is 22.6. The van der Waals surface area contributed by atoms with Crippen molar-refractivity contribution in [2.75, 3.05) is 12.7 Å². The third-order valence-electron chi connectivity index (χ3n) is 6.53. The molecule has 1 aliphatic rings. The molecule has 4 aromatic rings. The Labute approximate surface area is 243 Å². The third kappa shape index (κ3) is 7.25. The van der Waals surface area contributed by atoms with E-state index in [-0.39, 0.29) is 25.7 Å². The summed E-state index contributed by atoms with van der Waals surface area (Å²) in [7, 11) is -3.96. The van der Waals surface area contributed by atoms with Gasteiger partial charge in [0, 0.05) is 12.6 Å². The van der Waals surface area contributed by atoms with Crippen LogP contribution in [0.5, 0.6) is 11.5 Å². The molecule has 0 saturated carbocycles. The second kappa shape index (κ2) is 13.2. The van der Waals surface area contributed by atoms with Gasteiger partial charge in [-0.1, -0.05) is 78.9 Å². The number of amides is 3. The molecule has 0 aromatic heterocycles. The van der Waals surface area contributed by atoms with Crippen LogP contribution in [-0.4, -0.2) is 41.6 Å². The van der Waals surface area contributed by atoms with Crippen LogP contribution >= 0.6 is 7.60 Å². The fraction of sp³-hybridized carbons (Fsp3) is 0.156. The van der Waals surface area contributed by atoms with Gasteiger partial charge in [0.1, 0.15) is 18.1 Å². The molecule has 0 saturated heterocycles. The molecule has 0 bridgehead atoms. The number of hydrogen-bond acceptors (Lipinski definition) is 7. The van der Waals surface area contributed by atoms with Gasteiger partial charge in [-0.2, -0.15) is 0 Å². The van der Waals surface area contributed by atoms with Crippen LogP contribution in [-0.2, 0) is 15.9 Å². The summed E-state index contributed by atoms with van der Waals surface area (Å²) in [4.78, 5) is 39.9. The molecule has 1 N–H and O–H groups in total. The summed E-state index contributed by atoms with van der Waals surface area (Å²) >= 11 is 0. The fourth-order valence-electron chi connectivity index (χ4n) is 4.51. The Hall–Kier alpha value is -4.88. The van der Waals surface area contributed by atoms with Crippen LogP contribution in [0.15, 0.2) is 115 Å². The lowest BCUT2D eigenvalue weighted by Crippen LogP contribution is -2.42. The van der Waals surface area contributed by atoms with Crippen molar-refractivity contribution in [2.45, 2.75) is 19.1 Å². The maximum atomic E-state index is 14.2. The van der Waals surface area contributed by atoms with Gasteiger partial charge in [0.2, 0.25) is 0 Å². The van der Waals surface area contributed by atoms with Crippen molar-refractivity contribution in [3.8, 4) is 11.5 Å². The van der Waals surface area contributed by atoms with Crippen LogP contribution < -0.4 is 14.4 Å². The first-order chi connectivity index (χ1) is 20.4. The number of nitrogens with zero attached hydrogens (tertiary/aromatic N) is 1. The minimum absolute atomic E-state index is 0.0243. The van der Waals surface area contributed by atoms with E-state index in [4.69, 9.17) is 13.8 Å². The average molecular weight is 585 g/mol. The van der Waals surface area contributed by atoms with Crippen molar-refractivity contribution in [1.82, 2.24) is 10.2 Å². The van der Waals surface area contributed by atoms with E-state index in [0.717, 1.165) is 10.5 Å². The van der Waals surface area contributed by atoms with Crippen molar-refractivity contribution in [3.63, 3.8) is 0 Å². The smallest absolute Gasteiger partial charge is 0.432 e. The highest BCUT2D eigenvalue weighted by Crippen LogP contribution is 2.49. The van der Waals surface area contributed by atoms with Gasteiger partial charge >= 0.3 is 13.7 Å². The Kier molecular flexibility index (Phi) is 8.99. The first-order valence-electron chi connectivity index (χ1n) is 13.4. The number of fused-ring (bicyclic) bond motifs is 1. The van der Waals surface area contributed by atoms with Gasteiger partial charge < -0.3 is 19.1 Å². The number of nitrogens with one attached hydrogen (secondary N) is 1. The van der Waals surface area contributed by atoms with Crippen LogP contribution in [0.25, 0.3) is 0 Å². The van der Waals surface area contributed by atoms with E-state index in [1.54, 1.807) is 84.9 Å². The maximum absolute atomic E-state index is 14.2.